The van der Waals surface area contributed by atoms with Crippen LogP contribution in [-0.2, 0) is 4.57 Å². The molecular weight excluding hydrogens is 199 g/mol. The van der Waals surface area contributed by atoms with Crippen molar-refractivity contribution in [2.24, 2.45) is 10.8 Å². The zero-order valence-corrected chi connectivity index (χ0v) is 11.1. The van der Waals surface area contributed by atoms with Crippen molar-refractivity contribution in [3.8, 4) is 0 Å². The molecule has 4 heteroatoms. The van der Waals surface area contributed by atoms with Gasteiger partial charge in [-0.05, 0) is 10.8 Å². The van der Waals surface area contributed by atoms with Gasteiger partial charge in [-0.2, -0.15) is 0 Å². The van der Waals surface area contributed by atoms with Gasteiger partial charge in [-0.1, -0.05) is 56.1 Å². The summed E-state index contributed by atoms with van der Waals surface area (Å²) in [6, 6.07) is 0. The predicted octanol–water partition coefficient (Wildman–Crippen LogP) is 1.75. The highest BCUT2D eigenvalue weighted by molar-refractivity contribution is 7.50. The molecule has 0 heterocycles. The lowest BCUT2D eigenvalue weighted by molar-refractivity contribution is -0.326. The van der Waals surface area contributed by atoms with Crippen LogP contribution in [0.3, 0.4) is 0 Å². The second kappa shape index (κ2) is 3.33. The van der Waals surface area contributed by atoms with Crippen molar-refractivity contribution in [3.63, 3.8) is 0 Å². The Labute approximate surface area is 87.1 Å². The van der Waals surface area contributed by atoms with Gasteiger partial charge in [-0.3, -0.25) is 0 Å². The van der Waals surface area contributed by atoms with Gasteiger partial charge in [0, 0.05) is 5.16 Å². The van der Waals surface area contributed by atoms with E-state index in [1.165, 1.54) is 0 Å². The van der Waals surface area contributed by atoms with Crippen molar-refractivity contribution < 1.29 is 14.4 Å². The molecule has 0 aliphatic heterocycles. The smallest absolute Gasteiger partial charge is 0.00489 e. The fraction of sp³-hybridized carbons (Fsp3) is 1.00. The van der Waals surface area contributed by atoms with Gasteiger partial charge in [0.05, 0.1) is 0 Å². The Morgan fingerprint density at radius 2 is 1.00 bits per heavy atom. The Hall–Kier alpha value is 0.150. The van der Waals surface area contributed by atoms with Crippen molar-refractivity contribution in [1.82, 2.24) is 0 Å². The highest BCUT2D eigenvalue weighted by atomic mass is 31.2. The minimum atomic E-state index is -4.63. The first kappa shape index (κ1) is 14.2. The Morgan fingerprint density at radius 1 is 0.786 bits per heavy atom. The fourth-order valence-corrected chi connectivity index (χ4v) is 3.59. The summed E-state index contributed by atoms with van der Waals surface area (Å²) in [4.78, 5) is 22.8. The summed E-state index contributed by atoms with van der Waals surface area (Å²) in [6.07, 6.45) is 0. The zero-order valence-electron chi connectivity index (χ0n) is 10.2. The average Bonchev–Trinajstić information content (AvgIpc) is 1.77. The van der Waals surface area contributed by atoms with Gasteiger partial charge in [-0.15, -0.1) is 0 Å². The third-order valence-electron chi connectivity index (χ3n) is 3.47. The van der Waals surface area contributed by atoms with Gasteiger partial charge in [0.2, 0.25) is 0 Å². The second-order valence-electron chi connectivity index (χ2n) is 6.07. The Morgan fingerprint density at radius 3 is 1.00 bits per heavy atom. The van der Waals surface area contributed by atoms with Gasteiger partial charge in [0.25, 0.3) is 0 Å². The van der Waals surface area contributed by atoms with E-state index in [9.17, 15) is 14.4 Å². The molecule has 0 aliphatic rings. The van der Waals surface area contributed by atoms with Crippen LogP contribution in [0.2, 0.25) is 0 Å². The Kier molecular flexibility index (Phi) is 3.36. The highest BCUT2D eigenvalue weighted by Crippen LogP contribution is 2.61. The lowest BCUT2D eigenvalue weighted by Crippen LogP contribution is -2.55. The second-order valence-corrected chi connectivity index (χ2v) is 7.96. The molecule has 0 aromatic heterocycles. The van der Waals surface area contributed by atoms with E-state index in [2.05, 4.69) is 0 Å². The molecule has 0 aliphatic carbocycles. The summed E-state index contributed by atoms with van der Waals surface area (Å²) in [5.41, 5.74) is -1.13. The third-order valence-corrected chi connectivity index (χ3v) is 5.91. The topological polar surface area (TPSA) is 63.2 Å². The van der Waals surface area contributed by atoms with Crippen LogP contribution in [0.25, 0.3) is 0 Å². The van der Waals surface area contributed by atoms with Crippen molar-refractivity contribution in [1.29, 1.82) is 0 Å². The zero-order chi connectivity index (χ0) is 12.0. The molecule has 3 nitrogen and oxygen atoms in total. The summed E-state index contributed by atoms with van der Waals surface area (Å²) < 4.78 is 11.4. The molecule has 0 fully saturated rings. The minimum absolute atomic E-state index is 0.565. The van der Waals surface area contributed by atoms with Crippen LogP contribution in [0.4, 0.5) is 0 Å². The SMILES string of the molecule is CC(C)(C)C(C)(C(C)(C)C)P(=O)([O-])[O-]. The first-order valence-corrected chi connectivity index (χ1v) is 6.31. The molecule has 0 spiro atoms. The van der Waals surface area contributed by atoms with E-state index in [4.69, 9.17) is 0 Å². The van der Waals surface area contributed by atoms with Crippen molar-refractivity contribution in [2.45, 2.75) is 53.6 Å². The molecule has 14 heavy (non-hydrogen) atoms. The highest BCUT2D eigenvalue weighted by Gasteiger charge is 2.49. The van der Waals surface area contributed by atoms with E-state index in [-0.39, 0.29) is 0 Å². The first-order chi connectivity index (χ1) is 5.75. The van der Waals surface area contributed by atoms with Crippen LogP contribution in [-0.4, -0.2) is 5.16 Å². The van der Waals surface area contributed by atoms with Crippen molar-refractivity contribution in [3.05, 3.63) is 0 Å². The van der Waals surface area contributed by atoms with Gasteiger partial charge in [0.1, 0.15) is 0 Å². The lowest BCUT2D eigenvalue weighted by Gasteiger charge is -2.61. The van der Waals surface area contributed by atoms with E-state index in [0.29, 0.717) is 0 Å². The molecule has 0 saturated carbocycles. The summed E-state index contributed by atoms with van der Waals surface area (Å²) >= 11 is 0. The maximum atomic E-state index is 11.4. The van der Waals surface area contributed by atoms with Crippen molar-refractivity contribution >= 4 is 7.60 Å². The quantitative estimate of drug-likeness (QED) is 0.632. The van der Waals surface area contributed by atoms with E-state index in [1.807, 2.05) is 0 Å². The number of hydrogen-bond donors (Lipinski definition) is 0. The van der Waals surface area contributed by atoms with E-state index in [0.717, 1.165) is 0 Å². The third kappa shape index (κ3) is 2.05. The molecule has 0 radical (unpaired) electrons. The molecule has 0 aromatic rings. The van der Waals surface area contributed by atoms with Crippen LogP contribution in [0.5, 0.6) is 0 Å². The van der Waals surface area contributed by atoms with Crippen LogP contribution >= 0.6 is 7.60 Å². The Bertz CT molecular complexity index is 238. The van der Waals surface area contributed by atoms with Crippen molar-refractivity contribution in [2.75, 3.05) is 0 Å². The average molecular weight is 220 g/mol. The molecule has 0 atom stereocenters. The van der Waals surface area contributed by atoms with E-state index < -0.39 is 23.6 Å². The molecule has 0 aromatic carbocycles. The molecule has 86 valence electrons. The first-order valence-electron chi connectivity index (χ1n) is 4.77. The van der Waals surface area contributed by atoms with E-state index in [1.54, 1.807) is 48.5 Å². The largest absolute Gasteiger partial charge is 0.810 e. The van der Waals surface area contributed by atoms with E-state index >= 15 is 0 Å². The molecule has 0 N–H and O–H groups in total. The van der Waals surface area contributed by atoms with Gasteiger partial charge in [-0.25, -0.2) is 0 Å². The van der Waals surface area contributed by atoms with Crippen LogP contribution < -0.4 is 9.79 Å². The maximum Gasteiger partial charge on any atom is 0.00489 e. The summed E-state index contributed by atoms with van der Waals surface area (Å²) in [5.74, 6) is 0. The minimum Gasteiger partial charge on any atom is -0.810 e. The fourth-order valence-electron chi connectivity index (χ4n) is 1.95. The van der Waals surface area contributed by atoms with Crippen LogP contribution in [0, 0.1) is 10.8 Å². The lowest BCUT2D eigenvalue weighted by atomic mass is 9.67. The molecule has 0 unspecified atom stereocenters. The molecule has 0 bridgehead atoms. The summed E-state index contributed by atoms with van der Waals surface area (Å²) in [5, 5.41) is -1.24. The predicted molar refractivity (Wildman–Crippen MR) is 54.9 cm³/mol. The number of rotatable bonds is 1. The Balaban J connectivity index is 5.67. The molecule has 0 amide bonds. The maximum absolute atomic E-state index is 11.4. The normalized spacial score (nSPS) is 15.8. The van der Waals surface area contributed by atoms with Gasteiger partial charge >= 0.3 is 0 Å². The standard InChI is InChI=1S/C10H23O3P/c1-8(2,3)10(7,9(4,5)6)14(11,12)13/h1-7H3,(H2,11,12,13)/p-2. The van der Waals surface area contributed by atoms with Gasteiger partial charge < -0.3 is 14.4 Å². The van der Waals surface area contributed by atoms with Crippen LogP contribution in [0.1, 0.15) is 48.5 Å². The summed E-state index contributed by atoms with van der Waals surface area (Å²) in [6.45, 7) is 12.3. The molecule has 0 saturated heterocycles. The number of hydrogen-bond acceptors (Lipinski definition) is 3. The van der Waals surface area contributed by atoms with Gasteiger partial charge in [0.15, 0.2) is 0 Å². The van der Waals surface area contributed by atoms with Crippen LogP contribution in [0.15, 0.2) is 0 Å². The molecular formula is C10H21O3P-2. The summed E-state index contributed by atoms with van der Waals surface area (Å²) in [7, 11) is -4.63. The molecule has 0 rings (SSSR count). The monoisotopic (exact) mass is 220 g/mol.